The molecule has 0 radical (unpaired) electrons. The first kappa shape index (κ1) is 10.1. The molecule has 0 amide bonds. The Morgan fingerprint density at radius 3 is 2.87 bits per heavy atom. The highest BCUT2D eigenvalue weighted by Gasteiger charge is 2.18. The van der Waals surface area contributed by atoms with Gasteiger partial charge in [-0.05, 0) is 18.6 Å². The third-order valence-electron chi connectivity index (χ3n) is 2.30. The van der Waals surface area contributed by atoms with Crippen LogP contribution in [0.2, 0.25) is 5.02 Å². The molecule has 1 aromatic carbocycles. The molecule has 0 aliphatic carbocycles. The van der Waals surface area contributed by atoms with Gasteiger partial charge in [-0.3, -0.25) is 0 Å². The van der Waals surface area contributed by atoms with Crippen molar-refractivity contribution in [2.45, 2.75) is 13.3 Å². The van der Waals surface area contributed by atoms with E-state index in [0.717, 1.165) is 5.39 Å². The van der Waals surface area contributed by atoms with Gasteiger partial charge in [-0.25, -0.2) is 4.79 Å². The zero-order valence-corrected chi connectivity index (χ0v) is 8.84. The number of fused-ring (bicyclic) bond motifs is 1. The second kappa shape index (κ2) is 3.59. The lowest BCUT2D eigenvalue weighted by molar-refractivity contribution is 0.0663. The lowest BCUT2D eigenvalue weighted by atomic mass is 10.1. The first-order chi connectivity index (χ1) is 7.13. The Balaban J connectivity index is 2.78. The number of rotatable bonds is 2. The Hall–Kier alpha value is -1.48. The maximum absolute atomic E-state index is 10.9. The van der Waals surface area contributed by atoms with Crippen molar-refractivity contribution < 1.29 is 14.3 Å². The number of hydrogen-bond donors (Lipinski definition) is 1. The van der Waals surface area contributed by atoms with Crippen molar-refractivity contribution in [1.82, 2.24) is 0 Å². The van der Waals surface area contributed by atoms with E-state index in [1.165, 1.54) is 0 Å². The molecule has 0 saturated heterocycles. The SMILES string of the molecule is CCc1c(C(=O)O)oc2cc(Cl)ccc12. The second-order valence-electron chi connectivity index (χ2n) is 3.21. The molecule has 0 spiro atoms. The van der Waals surface area contributed by atoms with Crippen molar-refractivity contribution in [1.29, 1.82) is 0 Å². The van der Waals surface area contributed by atoms with Crippen LogP contribution in [0.4, 0.5) is 0 Å². The van der Waals surface area contributed by atoms with Crippen molar-refractivity contribution in [2.24, 2.45) is 0 Å². The van der Waals surface area contributed by atoms with Crippen LogP contribution in [-0.4, -0.2) is 11.1 Å². The van der Waals surface area contributed by atoms with Gasteiger partial charge in [0, 0.05) is 22.0 Å². The van der Waals surface area contributed by atoms with Crippen LogP contribution in [-0.2, 0) is 6.42 Å². The summed E-state index contributed by atoms with van der Waals surface area (Å²) in [6.07, 6.45) is 0.621. The molecule has 78 valence electrons. The van der Waals surface area contributed by atoms with Gasteiger partial charge in [0.25, 0.3) is 0 Å². The predicted molar refractivity (Wildman–Crippen MR) is 57.6 cm³/mol. The van der Waals surface area contributed by atoms with E-state index >= 15 is 0 Å². The first-order valence-electron chi connectivity index (χ1n) is 4.57. The van der Waals surface area contributed by atoms with Gasteiger partial charge in [0.1, 0.15) is 5.58 Å². The second-order valence-corrected chi connectivity index (χ2v) is 3.65. The minimum Gasteiger partial charge on any atom is -0.475 e. The van der Waals surface area contributed by atoms with Crippen LogP contribution in [0.15, 0.2) is 22.6 Å². The number of furan rings is 1. The summed E-state index contributed by atoms with van der Waals surface area (Å²) in [5.41, 5.74) is 1.24. The summed E-state index contributed by atoms with van der Waals surface area (Å²) < 4.78 is 5.25. The Morgan fingerprint density at radius 1 is 1.53 bits per heavy atom. The monoisotopic (exact) mass is 224 g/mol. The minimum atomic E-state index is -1.04. The molecule has 0 bridgehead atoms. The molecule has 0 fully saturated rings. The van der Waals surface area contributed by atoms with Crippen LogP contribution in [0, 0.1) is 0 Å². The standard InChI is InChI=1S/C11H9ClO3/c1-2-7-8-4-3-6(12)5-9(8)15-10(7)11(13)14/h3-5H,2H2,1H3,(H,13,14). The van der Waals surface area contributed by atoms with Gasteiger partial charge in [0.15, 0.2) is 0 Å². The number of aryl methyl sites for hydroxylation is 1. The van der Waals surface area contributed by atoms with Crippen molar-refractivity contribution in [3.63, 3.8) is 0 Å². The Morgan fingerprint density at radius 2 is 2.27 bits per heavy atom. The van der Waals surface area contributed by atoms with Crippen LogP contribution < -0.4 is 0 Å². The van der Waals surface area contributed by atoms with Gasteiger partial charge in [-0.2, -0.15) is 0 Å². The van der Waals surface area contributed by atoms with E-state index in [1.807, 2.05) is 6.92 Å². The zero-order chi connectivity index (χ0) is 11.0. The van der Waals surface area contributed by atoms with Gasteiger partial charge in [-0.15, -0.1) is 0 Å². The van der Waals surface area contributed by atoms with Crippen LogP contribution in [0.5, 0.6) is 0 Å². The molecule has 0 atom stereocenters. The molecule has 2 rings (SSSR count). The average Bonchev–Trinajstić information content (AvgIpc) is 2.55. The molecule has 0 unspecified atom stereocenters. The molecule has 15 heavy (non-hydrogen) atoms. The number of carboxylic acid groups (broad SMARTS) is 1. The molecule has 1 heterocycles. The highest BCUT2D eigenvalue weighted by atomic mass is 35.5. The lowest BCUT2D eigenvalue weighted by Crippen LogP contribution is -1.97. The summed E-state index contributed by atoms with van der Waals surface area (Å²) in [6.45, 7) is 1.89. The molecule has 0 aliphatic rings. The first-order valence-corrected chi connectivity index (χ1v) is 4.95. The Bertz CT molecular complexity index is 528. The molecular formula is C11H9ClO3. The smallest absolute Gasteiger partial charge is 0.372 e. The summed E-state index contributed by atoms with van der Waals surface area (Å²) >= 11 is 5.80. The van der Waals surface area contributed by atoms with Crippen LogP contribution in [0.25, 0.3) is 11.0 Å². The van der Waals surface area contributed by atoms with Crippen LogP contribution in [0.3, 0.4) is 0 Å². The summed E-state index contributed by atoms with van der Waals surface area (Å²) in [4.78, 5) is 10.9. The summed E-state index contributed by atoms with van der Waals surface area (Å²) in [6, 6.07) is 5.14. The van der Waals surface area contributed by atoms with Gasteiger partial charge in [0.05, 0.1) is 0 Å². The molecule has 0 saturated carbocycles. The highest BCUT2D eigenvalue weighted by molar-refractivity contribution is 6.31. The molecule has 4 heteroatoms. The van der Waals surface area contributed by atoms with Crippen molar-refractivity contribution >= 4 is 28.5 Å². The molecular weight excluding hydrogens is 216 g/mol. The van der Waals surface area contributed by atoms with Gasteiger partial charge < -0.3 is 9.52 Å². The van der Waals surface area contributed by atoms with Gasteiger partial charge in [0.2, 0.25) is 5.76 Å². The van der Waals surface area contributed by atoms with Crippen LogP contribution >= 0.6 is 11.6 Å². The number of carboxylic acids is 1. The van der Waals surface area contributed by atoms with E-state index in [9.17, 15) is 4.79 Å². The largest absolute Gasteiger partial charge is 0.475 e. The zero-order valence-electron chi connectivity index (χ0n) is 8.08. The molecule has 2 aromatic rings. The normalized spacial score (nSPS) is 10.8. The number of carbonyl (C=O) groups is 1. The predicted octanol–water partition coefficient (Wildman–Crippen LogP) is 3.35. The topological polar surface area (TPSA) is 50.4 Å². The quantitative estimate of drug-likeness (QED) is 0.851. The maximum atomic E-state index is 10.9. The molecule has 1 N–H and O–H groups in total. The summed E-state index contributed by atoms with van der Waals surface area (Å²) in [7, 11) is 0. The summed E-state index contributed by atoms with van der Waals surface area (Å²) in [5.74, 6) is -1.03. The summed E-state index contributed by atoms with van der Waals surface area (Å²) in [5, 5.41) is 10.3. The minimum absolute atomic E-state index is 0.00904. The Labute approximate surface area is 91.3 Å². The van der Waals surface area contributed by atoms with E-state index in [2.05, 4.69) is 0 Å². The van der Waals surface area contributed by atoms with E-state index in [1.54, 1.807) is 18.2 Å². The third-order valence-corrected chi connectivity index (χ3v) is 2.54. The fourth-order valence-electron chi connectivity index (χ4n) is 1.65. The van der Waals surface area contributed by atoms with Gasteiger partial charge in [-0.1, -0.05) is 18.5 Å². The highest BCUT2D eigenvalue weighted by Crippen LogP contribution is 2.28. The molecule has 0 aliphatic heterocycles. The lowest BCUT2D eigenvalue weighted by Gasteiger charge is -1.93. The van der Waals surface area contributed by atoms with E-state index in [-0.39, 0.29) is 5.76 Å². The maximum Gasteiger partial charge on any atom is 0.372 e. The van der Waals surface area contributed by atoms with Crippen molar-refractivity contribution in [3.8, 4) is 0 Å². The number of aromatic carboxylic acids is 1. The number of halogens is 1. The van der Waals surface area contributed by atoms with E-state index < -0.39 is 5.97 Å². The number of hydrogen-bond acceptors (Lipinski definition) is 2. The van der Waals surface area contributed by atoms with Crippen molar-refractivity contribution in [3.05, 3.63) is 34.5 Å². The third kappa shape index (κ3) is 1.59. The fourth-order valence-corrected chi connectivity index (χ4v) is 1.81. The fraction of sp³-hybridized carbons (Fsp3) is 0.182. The van der Waals surface area contributed by atoms with E-state index in [0.29, 0.717) is 22.6 Å². The molecule has 3 nitrogen and oxygen atoms in total. The van der Waals surface area contributed by atoms with Crippen LogP contribution in [0.1, 0.15) is 23.0 Å². The van der Waals surface area contributed by atoms with Crippen molar-refractivity contribution in [2.75, 3.05) is 0 Å². The average molecular weight is 225 g/mol. The molecule has 1 aromatic heterocycles. The Kier molecular flexibility index (Phi) is 2.40. The number of benzene rings is 1. The van der Waals surface area contributed by atoms with Gasteiger partial charge >= 0.3 is 5.97 Å². The van der Waals surface area contributed by atoms with E-state index in [4.69, 9.17) is 21.1 Å².